The van der Waals surface area contributed by atoms with Gasteiger partial charge in [-0.1, -0.05) is 13.8 Å². The molecule has 0 saturated carbocycles. The third-order valence-corrected chi connectivity index (χ3v) is 2.48. The van der Waals surface area contributed by atoms with Crippen LogP contribution in [0.2, 0.25) is 0 Å². The van der Waals surface area contributed by atoms with Gasteiger partial charge in [-0.3, -0.25) is 4.98 Å². The standard InChI is InChI=1S/C10H17N3O/c1-3-10(14,4-2)8-13-9-7-11-5-6-12-9/h5-7,14H,3-4,8H2,1-2H3,(H,12,13). The summed E-state index contributed by atoms with van der Waals surface area (Å²) in [6, 6.07) is 0. The Morgan fingerprint density at radius 1 is 1.36 bits per heavy atom. The minimum atomic E-state index is -0.641. The second-order valence-corrected chi connectivity index (χ2v) is 3.38. The van der Waals surface area contributed by atoms with E-state index >= 15 is 0 Å². The van der Waals surface area contributed by atoms with Crippen molar-refractivity contribution in [3.8, 4) is 0 Å². The van der Waals surface area contributed by atoms with Gasteiger partial charge in [0.2, 0.25) is 0 Å². The Morgan fingerprint density at radius 3 is 2.57 bits per heavy atom. The number of aliphatic hydroxyl groups is 1. The number of hydrogen-bond acceptors (Lipinski definition) is 4. The molecule has 2 N–H and O–H groups in total. The quantitative estimate of drug-likeness (QED) is 0.746. The van der Waals surface area contributed by atoms with Gasteiger partial charge in [-0.05, 0) is 12.8 Å². The number of anilines is 1. The molecule has 0 bridgehead atoms. The van der Waals surface area contributed by atoms with Crippen LogP contribution >= 0.6 is 0 Å². The van der Waals surface area contributed by atoms with Gasteiger partial charge in [0.1, 0.15) is 5.82 Å². The number of aromatic nitrogens is 2. The van der Waals surface area contributed by atoms with Gasteiger partial charge in [0, 0.05) is 18.9 Å². The van der Waals surface area contributed by atoms with Crippen LogP contribution < -0.4 is 5.32 Å². The van der Waals surface area contributed by atoms with Crippen molar-refractivity contribution in [1.82, 2.24) is 9.97 Å². The van der Waals surface area contributed by atoms with Crippen LogP contribution in [0, 0.1) is 0 Å². The highest BCUT2D eigenvalue weighted by Gasteiger charge is 2.21. The summed E-state index contributed by atoms with van der Waals surface area (Å²) in [7, 11) is 0. The molecule has 4 nitrogen and oxygen atoms in total. The van der Waals surface area contributed by atoms with E-state index in [-0.39, 0.29) is 0 Å². The molecular weight excluding hydrogens is 178 g/mol. The van der Waals surface area contributed by atoms with Gasteiger partial charge < -0.3 is 10.4 Å². The van der Waals surface area contributed by atoms with Crippen molar-refractivity contribution in [2.24, 2.45) is 0 Å². The molecule has 0 atom stereocenters. The van der Waals surface area contributed by atoms with Crippen LogP contribution in [0.5, 0.6) is 0 Å². The molecular formula is C10H17N3O. The fourth-order valence-electron chi connectivity index (χ4n) is 1.15. The summed E-state index contributed by atoms with van der Waals surface area (Å²) in [4.78, 5) is 8.00. The zero-order valence-electron chi connectivity index (χ0n) is 8.70. The number of nitrogens with one attached hydrogen (secondary N) is 1. The maximum Gasteiger partial charge on any atom is 0.144 e. The number of nitrogens with zero attached hydrogens (tertiary/aromatic N) is 2. The third kappa shape index (κ3) is 2.96. The molecule has 0 aliphatic carbocycles. The van der Waals surface area contributed by atoms with Crippen LogP contribution in [0.1, 0.15) is 26.7 Å². The molecule has 0 fully saturated rings. The SMILES string of the molecule is CCC(O)(CC)CNc1cnccn1. The predicted octanol–water partition coefficient (Wildman–Crippen LogP) is 1.44. The summed E-state index contributed by atoms with van der Waals surface area (Å²) in [6.45, 7) is 4.46. The smallest absolute Gasteiger partial charge is 0.144 e. The molecule has 1 aromatic heterocycles. The van der Waals surface area contributed by atoms with E-state index in [0.29, 0.717) is 12.4 Å². The number of rotatable bonds is 5. The van der Waals surface area contributed by atoms with Crippen LogP contribution in [0.4, 0.5) is 5.82 Å². The third-order valence-electron chi connectivity index (χ3n) is 2.48. The first-order chi connectivity index (χ1) is 6.70. The molecule has 0 amide bonds. The molecule has 0 aliphatic rings. The molecule has 14 heavy (non-hydrogen) atoms. The first-order valence-electron chi connectivity index (χ1n) is 4.92. The molecule has 0 unspecified atom stereocenters. The highest BCUT2D eigenvalue weighted by atomic mass is 16.3. The molecule has 1 aromatic rings. The van der Waals surface area contributed by atoms with Crippen LogP contribution in [0.3, 0.4) is 0 Å². The Hall–Kier alpha value is -1.16. The van der Waals surface area contributed by atoms with Gasteiger partial charge >= 0.3 is 0 Å². The maximum absolute atomic E-state index is 9.98. The van der Waals surface area contributed by atoms with Crippen LogP contribution in [0.25, 0.3) is 0 Å². The maximum atomic E-state index is 9.98. The van der Waals surface area contributed by atoms with E-state index in [2.05, 4.69) is 15.3 Å². The summed E-state index contributed by atoms with van der Waals surface area (Å²) in [5.74, 6) is 0.702. The Labute approximate surface area is 84.4 Å². The van der Waals surface area contributed by atoms with E-state index < -0.39 is 5.60 Å². The molecule has 0 saturated heterocycles. The Kier molecular flexibility index (Phi) is 3.83. The fourth-order valence-corrected chi connectivity index (χ4v) is 1.15. The molecule has 0 spiro atoms. The van der Waals surface area contributed by atoms with Gasteiger partial charge in [0.15, 0.2) is 0 Å². The minimum Gasteiger partial charge on any atom is -0.388 e. The molecule has 1 rings (SSSR count). The molecule has 4 heteroatoms. The molecule has 0 aliphatic heterocycles. The van der Waals surface area contributed by atoms with Gasteiger partial charge in [-0.2, -0.15) is 0 Å². The van der Waals surface area contributed by atoms with Crippen molar-refractivity contribution in [3.63, 3.8) is 0 Å². The van der Waals surface area contributed by atoms with E-state index in [1.165, 1.54) is 0 Å². The van der Waals surface area contributed by atoms with E-state index in [1.807, 2.05) is 13.8 Å². The van der Waals surface area contributed by atoms with Crippen molar-refractivity contribution in [1.29, 1.82) is 0 Å². The van der Waals surface area contributed by atoms with Crippen molar-refractivity contribution in [3.05, 3.63) is 18.6 Å². The lowest BCUT2D eigenvalue weighted by molar-refractivity contribution is 0.0456. The largest absolute Gasteiger partial charge is 0.388 e. The molecule has 1 heterocycles. The van der Waals surface area contributed by atoms with Crippen molar-refractivity contribution in [2.75, 3.05) is 11.9 Å². The fraction of sp³-hybridized carbons (Fsp3) is 0.600. The zero-order valence-corrected chi connectivity index (χ0v) is 8.70. The van der Waals surface area contributed by atoms with Gasteiger partial charge in [0.05, 0.1) is 11.8 Å². The first kappa shape index (κ1) is 10.9. The summed E-state index contributed by atoms with van der Waals surface area (Å²) in [5.41, 5.74) is -0.641. The van der Waals surface area contributed by atoms with Gasteiger partial charge in [-0.15, -0.1) is 0 Å². The lowest BCUT2D eigenvalue weighted by atomic mass is 9.98. The van der Waals surface area contributed by atoms with Crippen LogP contribution in [-0.4, -0.2) is 27.2 Å². The van der Waals surface area contributed by atoms with Gasteiger partial charge in [0.25, 0.3) is 0 Å². The Morgan fingerprint density at radius 2 is 2.07 bits per heavy atom. The van der Waals surface area contributed by atoms with Crippen molar-refractivity contribution < 1.29 is 5.11 Å². The second-order valence-electron chi connectivity index (χ2n) is 3.38. The first-order valence-corrected chi connectivity index (χ1v) is 4.92. The van der Waals surface area contributed by atoms with Crippen molar-refractivity contribution in [2.45, 2.75) is 32.3 Å². The Balaban J connectivity index is 2.48. The van der Waals surface area contributed by atoms with E-state index in [1.54, 1.807) is 18.6 Å². The predicted molar refractivity (Wildman–Crippen MR) is 56.1 cm³/mol. The average molecular weight is 195 g/mol. The molecule has 78 valence electrons. The van der Waals surface area contributed by atoms with Crippen molar-refractivity contribution >= 4 is 5.82 Å². The van der Waals surface area contributed by atoms with E-state index in [9.17, 15) is 5.11 Å². The van der Waals surface area contributed by atoms with Crippen LogP contribution in [-0.2, 0) is 0 Å². The summed E-state index contributed by atoms with van der Waals surface area (Å²) < 4.78 is 0. The average Bonchev–Trinajstić information content (AvgIpc) is 2.27. The Bertz CT molecular complexity index is 259. The lowest BCUT2D eigenvalue weighted by Crippen LogP contribution is -2.35. The van der Waals surface area contributed by atoms with Gasteiger partial charge in [-0.25, -0.2) is 4.98 Å². The normalized spacial score (nSPS) is 11.4. The highest BCUT2D eigenvalue weighted by molar-refractivity contribution is 5.30. The molecule has 0 radical (unpaired) electrons. The summed E-state index contributed by atoms with van der Waals surface area (Å²) >= 11 is 0. The lowest BCUT2D eigenvalue weighted by Gasteiger charge is -2.25. The molecule has 0 aromatic carbocycles. The van der Waals surface area contributed by atoms with Crippen LogP contribution in [0.15, 0.2) is 18.6 Å². The highest BCUT2D eigenvalue weighted by Crippen LogP contribution is 2.14. The van der Waals surface area contributed by atoms with E-state index in [4.69, 9.17) is 0 Å². The van der Waals surface area contributed by atoms with E-state index in [0.717, 1.165) is 12.8 Å². The zero-order chi connectivity index (χ0) is 10.4. The monoisotopic (exact) mass is 195 g/mol. The second kappa shape index (κ2) is 4.91. The summed E-state index contributed by atoms with van der Waals surface area (Å²) in [5, 5.41) is 13.0. The minimum absolute atomic E-state index is 0.513. The number of hydrogen-bond donors (Lipinski definition) is 2. The topological polar surface area (TPSA) is 58.0 Å². The summed E-state index contributed by atoms with van der Waals surface area (Å²) in [6.07, 6.45) is 6.36.